The number of ether oxygens (including phenoxy) is 3. The van der Waals surface area contributed by atoms with Crippen LogP contribution in [0.5, 0.6) is 11.5 Å². The van der Waals surface area contributed by atoms with Crippen molar-refractivity contribution in [3.05, 3.63) is 47.5 Å². The molecule has 210 valence electrons. The van der Waals surface area contributed by atoms with Crippen molar-refractivity contribution < 1.29 is 23.4 Å². The number of nitrogens with one attached hydrogen (secondary N) is 2. The first-order chi connectivity index (χ1) is 18.9. The van der Waals surface area contributed by atoms with Crippen LogP contribution in [0.3, 0.4) is 0 Å². The number of fused-ring (bicyclic) bond motifs is 1. The van der Waals surface area contributed by atoms with Gasteiger partial charge < -0.3 is 24.8 Å². The molecule has 2 N–H and O–H groups in total. The zero-order valence-corrected chi connectivity index (χ0v) is 23.4. The Morgan fingerprint density at radius 3 is 2.64 bits per heavy atom. The van der Waals surface area contributed by atoms with E-state index in [0.29, 0.717) is 28.2 Å². The van der Waals surface area contributed by atoms with Gasteiger partial charge in [0.15, 0.2) is 17.3 Å². The van der Waals surface area contributed by atoms with Gasteiger partial charge in [-0.05, 0) is 63.9 Å². The summed E-state index contributed by atoms with van der Waals surface area (Å²) in [6, 6.07) is 8.03. The first kappa shape index (κ1) is 28.8. The maximum Gasteiger partial charge on any atom is 0.323 e. The van der Waals surface area contributed by atoms with Crippen molar-refractivity contribution in [2.45, 2.75) is 37.8 Å². The molecule has 4 rings (SSSR count). The van der Waals surface area contributed by atoms with Gasteiger partial charge in [0.2, 0.25) is 0 Å². The van der Waals surface area contributed by atoms with Gasteiger partial charge in [0.25, 0.3) is 0 Å². The summed E-state index contributed by atoms with van der Waals surface area (Å²) in [4.78, 5) is 23.4. The van der Waals surface area contributed by atoms with Crippen molar-refractivity contribution in [2.24, 2.45) is 5.92 Å². The van der Waals surface area contributed by atoms with E-state index in [0.717, 1.165) is 38.8 Å². The smallest absolute Gasteiger partial charge is 0.323 e. The Hall–Kier alpha value is -3.21. The minimum atomic E-state index is -0.561. The Bertz CT molecular complexity index is 1290. The highest BCUT2D eigenvalue weighted by Crippen LogP contribution is 2.38. The van der Waals surface area contributed by atoms with Crippen molar-refractivity contribution in [1.29, 1.82) is 0 Å². The minimum absolute atomic E-state index is 0.0160. The molecule has 0 aliphatic heterocycles. The first-order valence-electron chi connectivity index (χ1n) is 13.0. The Morgan fingerprint density at radius 1 is 1.18 bits per heavy atom. The van der Waals surface area contributed by atoms with Crippen LogP contribution in [-0.2, 0) is 9.53 Å². The summed E-state index contributed by atoms with van der Waals surface area (Å²) in [5.41, 5.74) is 0.826. The second-order valence-electron chi connectivity index (χ2n) is 9.68. The highest BCUT2D eigenvalue weighted by atomic mass is 35.5. The average Bonchev–Trinajstić information content (AvgIpc) is 2.95. The number of rotatable bonds is 11. The van der Waals surface area contributed by atoms with Crippen LogP contribution in [0, 0.1) is 11.7 Å². The lowest BCUT2D eigenvalue weighted by Gasteiger charge is -2.37. The molecular weight excluding hydrogens is 525 g/mol. The second kappa shape index (κ2) is 13.2. The van der Waals surface area contributed by atoms with E-state index in [4.69, 9.17) is 25.8 Å². The maximum absolute atomic E-state index is 14.5. The summed E-state index contributed by atoms with van der Waals surface area (Å²) in [5.74, 6) is 0.924. The van der Waals surface area contributed by atoms with Crippen molar-refractivity contribution in [3.63, 3.8) is 0 Å². The van der Waals surface area contributed by atoms with Gasteiger partial charge in [-0.15, -0.1) is 0 Å². The highest BCUT2D eigenvalue weighted by molar-refractivity contribution is 6.31. The van der Waals surface area contributed by atoms with E-state index in [1.807, 2.05) is 20.2 Å². The van der Waals surface area contributed by atoms with Gasteiger partial charge in [0, 0.05) is 24.5 Å². The van der Waals surface area contributed by atoms with Crippen LogP contribution in [-0.4, -0.2) is 74.4 Å². The number of benzene rings is 2. The lowest BCUT2D eigenvalue weighted by atomic mass is 9.82. The number of carbonyl (C=O) groups is 1. The number of hydrogen-bond donors (Lipinski definition) is 2. The highest BCUT2D eigenvalue weighted by Gasteiger charge is 2.36. The summed E-state index contributed by atoms with van der Waals surface area (Å²) in [7, 11) is 6.87. The molecule has 1 aliphatic rings. The number of carbonyl (C=O) groups excluding carboxylic acids is 1. The van der Waals surface area contributed by atoms with Crippen molar-refractivity contribution in [3.8, 4) is 11.5 Å². The molecule has 0 bridgehead atoms. The molecule has 1 aliphatic carbocycles. The summed E-state index contributed by atoms with van der Waals surface area (Å²) in [6.45, 7) is 1.53. The second-order valence-corrected chi connectivity index (χ2v) is 10.1. The molecule has 9 nitrogen and oxygen atoms in total. The van der Waals surface area contributed by atoms with Crippen LogP contribution >= 0.6 is 11.6 Å². The Morgan fingerprint density at radius 2 is 1.95 bits per heavy atom. The molecular formula is C28H35ClFN5O4. The van der Waals surface area contributed by atoms with Gasteiger partial charge in [-0.3, -0.25) is 9.69 Å². The number of aromatic nitrogens is 2. The topological polar surface area (TPSA) is 97.8 Å². The molecule has 1 aromatic heterocycles. The van der Waals surface area contributed by atoms with Crippen LogP contribution in [0.15, 0.2) is 36.7 Å². The van der Waals surface area contributed by atoms with Crippen molar-refractivity contribution in [1.82, 2.24) is 20.2 Å². The molecule has 0 amide bonds. The third kappa shape index (κ3) is 6.69. The summed E-state index contributed by atoms with van der Waals surface area (Å²) in [5, 5.41) is 6.82. The van der Waals surface area contributed by atoms with Crippen LogP contribution in [0.2, 0.25) is 5.02 Å². The van der Waals surface area contributed by atoms with Crippen LogP contribution in [0.4, 0.5) is 15.9 Å². The summed E-state index contributed by atoms with van der Waals surface area (Å²) in [6.07, 6.45) is 4.56. The minimum Gasteiger partial charge on any atom is -0.493 e. The van der Waals surface area contributed by atoms with Crippen molar-refractivity contribution in [2.75, 3.05) is 46.7 Å². The normalized spacial score (nSPS) is 18.1. The molecule has 2 aromatic carbocycles. The Kier molecular flexibility index (Phi) is 9.77. The van der Waals surface area contributed by atoms with E-state index in [1.165, 1.54) is 19.5 Å². The number of anilines is 2. The Balaban J connectivity index is 1.52. The molecule has 1 atom stereocenters. The van der Waals surface area contributed by atoms with E-state index in [2.05, 4.69) is 25.5 Å². The monoisotopic (exact) mass is 559 g/mol. The number of halogens is 2. The zero-order chi connectivity index (χ0) is 27.9. The molecule has 39 heavy (non-hydrogen) atoms. The lowest BCUT2D eigenvalue weighted by Crippen LogP contribution is -2.48. The van der Waals surface area contributed by atoms with Crippen molar-refractivity contribution >= 4 is 40.0 Å². The SMILES string of the molecule is CNCCN(C)[C@H](C(=O)OC)C1CCC(Oc2cc3c(Nc4cccc(Cl)c4F)ncnc3cc2OC)CC1. The number of hydrogen-bond acceptors (Lipinski definition) is 9. The molecule has 0 saturated heterocycles. The third-order valence-electron chi connectivity index (χ3n) is 7.22. The third-order valence-corrected chi connectivity index (χ3v) is 7.51. The molecule has 1 heterocycles. The largest absolute Gasteiger partial charge is 0.493 e. The fourth-order valence-electron chi connectivity index (χ4n) is 5.13. The summed E-state index contributed by atoms with van der Waals surface area (Å²) < 4.78 is 31.7. The van der Waals surface area contributed by atoms with E-state index >= 15 is 0 Å². The van der Waals surface area contributed by atoms with Gasteiger partial charge in [0.05, 0.1) is 36.6 Å². The predicted octanol–water partition coefficient (Wildman–Crippen LogP) is 4.80. The predicted molar refractivity (Wildman–Crippen MR) is 150 cm³/mol. The number of nitrogens with zero attached hydrogens (tertiary/aromatic N) is 3. The maximum atomic E-state index is 14.5. The van der Waals surface area contributed by atoms with E-state index in [9.17, 15) is 9.18 Å². The Labute approximate surface area is 233 Å². The average molecular weight is 560 g/mol. The van der Waals surface area contributed by atoms with Crippen LogP contribution in [0.25, 0.3) is 10.9 Å². The molecule has 0 spiro atoms. The molecule has 0 radical (unpaired) electrons. The summed E-state index contributed by atoms with van der Waals surface area (Å²) >= 11 is 5.95. The lowest BCUT2D eigenvalue weighted by molar-refractivity contribution is -0.149. The van der Waals surface area contributed by atoms with Crippen LogP contribution in [0.1, 0.15) is 25.7 Å². The fourth-order valence-corrected chi connectivity index (χ4v) is 5.30. The number of esters is 1. The first-order valence-corrected chi connectivity index (χ1v) is 13.4. The van der Waals surface area contributed by atoms with E-state index < -0.39 is 5.82 Å². The molecule has 1 saturated carbocycles. The van der Waals surface area contributed by atoms with Gasteiger partial charge in [0.1, 0.15) is 18.2 Å². The quantitative estimate of drug-likeness (QED) is 0.321. The molecule has 1 fully saturated rings. The van der Waals surface area contributed by atoms with Crippen LogP contribution < -0.4 is 20.1 Å². The van der Waals surface area contributed by atoms with E-state index in [-0.39, 0.29) is 34.7 Å². The standard InChI is InChI=1S/C28H35ClFN5O4/c1-31-12-13-35(2)26(28(36)38-4)17-8-10-18(11-9-17)39-24-14-19-22(15-23(24)37-3)32-16-33-27(19)34-21-7-5-6-20(29)25(21)30/h5-7,14-18,26,31H,8-13H2,1-4H3,(H,32,33,34)/t17?,18?,26-/m0/s1. The fraction of sp³-hybridized carbons (Fsp3) is 0.464. The van der Waals surface area contributed by atoms with Gasteiger partial charge in [-0.1, -0.05) is 17.7 Å². The number of likely N-dealkylation sites (N-methyl/N-ethyl adjacent to an activating group) is 2. The molecule has 0 unspecified atom stereocenters. The van der Waals surface area contributed by atoms with Gasteiger partial charge in [-0.25, -0.2) is 14.4 Å². The van der Waals surface area contributed by atoms with Gasteiger partial charge in [-0.2, -0.15) is 0 Å². The molecule has 11 heteroatoms. The zero-order valence-electron chi connectivity index (χ0n) is 22.7. The van der Waals surface area contributed by atoms with E-state index in [1.54, 1.807) is 25.3 Å². The number of methoxy groups -OCH3 is 2. The molecule has 3 aromatic rings. The van der Waals surface area contributed by atoms with Gasteiger partial charge >= 0.3 is 5.97 Å².